The molecule has 4 aliphatic carbocycles. The van der Waals surface area contributed by atoms with E-state index in [0.29, 0.717) is 30.6 Å². The van der Waals surface area contributed by atoms with Gasteiger partial charge in [0.15, 0.2) is 0 Å². The van der Waals surface area contributed by atoms with Gasteiger partial charge in [0, 0.05) is 28.7 Å². The number of ketones is 1. The molecule has 3 saturated carbocycles. The number of hydrogen-bond donors (Lipinski definition) is 3. The van der Waals surface area contributed by atoms with Crippen LogP contribution in [0, 0.1) is 39.4 Å². The van der Waals surface area contributed by atoms with Gasteiger partial charge in [-0.15, -0.1) is 0 Å². The van der Waals surface area contributed by atoms with E-state index in [1.165, 1.54) is 19.4 Å². The van der Waals surface area contributed by atoms with Gasteiger partial charge in [0.1, 0.15) is 18.0 Å². The first-order valence-corrected chi connectivity index (χ1v) is 13.7. The molecular weight excluding hydrogens is 456 g/mol. The van der Waals surface area contributed by atoms with Crippen molar-refractivity contribution in [3.05, 3.63) is 23.3 Å². The first kappa shape index (κ1) is 26.1. The molecule has 5 aliphatic rings. The van der Waals surface area contributed by atoms with Crippen molar-refractivity contribution in [3.63, 3.8) is 0 Å². The predicted octanol–water partition coefficient (Wildman–Crippen LogP) is 4.12. The minimum atomic E-state index is -1.39. The summed E-state index contributed by atoms with van der Waals surface area (Å²) in [5.74, 6) is 0.228. The highest BCUT2D eigenvalue weighted by atomic mass is 16.6. The number of ether oxygens (including phenoxy) is 1. The average Bonchev–Trinajstić information content (AvgIpc) is 3.32. The second-order valence-corrected chi connectivity index (χ2v) is 14.2. The van der Waals surface area contributed by atoms with Crippen molar-refractivity contribution in [2.45, 2.75) is 111 Å². The third-order valence-electron chi connectivity index (χ3n) is 11.7. The summed E-state index contributed by atoms with van der Waals surface area (Å²) in [4.78, 5) is 25.9. The average molecular weight is 501 g/mol. The van der Waals surface area contributed by atoms with Crippen LogP contribution in [0.2, 0.25) is 0 Å². The summed E-state index contributed by atoms with van der Waals surface area (Å²) < 4.78 is 5.53. The first-order valence-electron chi connectivity index (χ1n) is 13.7. The van der Waals surface area contributed by atoms with Crippen LogP contribution in [0.25, 0.3) is 0 Å². The van der Waals surface area contributed by atoms with Crippen molar-refractivity contribution in [1.29, 1.82) is 0 Å². The van der Waals surface area contributed by atoms with Crippen LogP contribution in [-0.2, 0) is 14.3 Å². The van der Waals surface area contributed by atoms with Gasteiger partial charge < -0.3 is 20.1 Å². The normalized spacial score (nSPS) is 46.8. The SMILES string of the molecule is CC(C)(O)[C@@H](O)[C@H]1C=C([C@@H]2CC=C3[C@]4(C)[C@H](O)C[C@H]5C(C)(C)C(=O)CC[C@]5(C)[C@H]4CC[C@]32C)C(=O)O1. The van der Waals surface area contributed by atoms with Gasteiger partial charge in [-0.05, 0) is 74.7 Å². The number of fused-ring (bicyclic) bond motifs is 5. The Labute approximate surface area is 215 Å². The summed E-state index contributed by atoms with van der Waals surface area (Å²) in [5, 5.41) is 32.6. The van der Waals surface area contributed by atoms with Gasteiger partial charge in [-0.2, -0.15) is 0 Å². The summed E-state index contributed by atoms with van der Waals surface area (Å²) in [7, 11) is 0. The molecule has 0 aromatic heterocycles. The Kier molecular flexibility index (Phi) is 5.63. The summed E-state index contributed by atoms with van der Waals surface area (Å²) >= 11 is 0. The van der Waals surface area contributed by atoms with Gasteiger partial charge in [0.25, 0.3) is 0 Å². The molecule has 3 N–H and O–H groups in total. The number of aliphatic hydroxyl groups is 3. The number of carbonyl (C=O) groups excluding carboxylic acids is 2. The summed E-state index contributed by atoms with van der Waals surface area (Å²) in [6.07, 6.45) is 5.97. The molecule has 0 aromatic carbocycles. The van der Waals surface area contributed by atoms with Gasteiger partial charge in [-0.3, -0.25) is 4.79 Å². The summed E-state index contributed by atoms with van der Waals surface area (Å²) in [6.45, 7) is 14.0. The Morgan fingerprint density at radius 3 is 2.39 bits per heavy atom. The standard InChI is InChI=1S/C30H44O6/c1-26(2)21-15-23(32)30(7)19-9-8-17(16-14-18(36-25(16)34)24(33)27(3,4)35)28(19,5)12-10-20(30)29(21,6)13-11-22(26)31/h9,14,17-18,20-21,23-24,32-33,35H,8,10-13,15H2,1-7H3/t17-,18+,20+,21-,23+,24-,28-,29+,30-/m0/s1. The van der Waals surface area contributed by atoms with Crippen molar-refractivity contribution >= 4 is 11.8 Å². The van der Waals surface area contributed by atoms with Crippen LogP contribution >= 0.6 is 0 Å². The molecule has 0 spiro atoms. The van der Waals surface area contributed by atoms with E-state index >= 15 is 0 Å². The Balaban J connectivity index is 1.49. The lowest BCUT2D eigenvalue weighted by Gasteiger charge is -2.67. The molecule has 6 heteroatoms. The highest BCUT2D eigenvalue weighted by molar-refractivity contribution is 5.92. The Bertz CT molecular complexity index is 1050. The number of aliphatic hydroxyl groups excluding tert-OH is 2. The lowest BCUT2D eigenvalue weighted by atomic mass is 9.37. The van der Waals surface area contributed by atoms with Crippen molar-refractivity contribution in [1.82, 2.24) is 0 Å². The third-order valence-corrected chi connectivity index (χ3v) is 11.7. The van der Waals surface area contributed by atoms with E-state index in [4.69, 9.17) is 4.74 Å². The summed E-state index contributed by atoms with van der Waals surface area (Å²) in [5.41, 5.74) is -0.737. The van der Waals surface area contributed by atoms with Crippen LogP contribution in [0.5, 0.6) is 0 Å². The Hall–Kier alpha value is -1.50. The van der Waals surface area contributed by atoms with Gasteiger partial charge in [0.05, 0.1) is 11.7 Å². The van der Waals surface area contributed by atoms with Crippen LogP contribution in [0.4, 0.5) is 0 Å². The fourth-order valence-corrected chi connectivity index (χ4v) is 9.52. The van der Waals surface area contributed by atoms with Crippen LogP contribution in [0.3, 0.4) is 0 Å². The number of esters is 1. The molecule has 1 aliphatic heterocycles. The quantitative estimate of drug-likeness (QED) is 0.398. The fourth-order valence-electron chi connectivity index (χ4n) is 9.52. The van der Waals surface area contributed by atoms with Gasteiger partial charge in [-0.25, -0.2) is 4.79 Å². The molecule has 0 amide bonds. The van der Waals surface area contributed by atoms with Crippen molar-refractivity contribution in [3.8, 4) is 0 Å². The Morgan fingerprint density at radius 1 is 1.08 bits per heavy atom. The molecule has 1 heterocycles. The van der Waals surface area contributed by atoms with Crippen LogP contribution < -0.4 is 0 Å². The van der Waals surface area contributed by atoms with Gasteiger partial charge in [0.2, 0.25) is 0 Å². The number of hydrogen-bond acceptors (Lipinski definition) is 6. The number of Topliss-reactive ketones (excluding diaryl/α,β-unsaturated/α-hetero) is 1. The van der Waals surface area contributed by atoms with Crippen molar-refractivity contribution < 1.29 is 29.6 Å². The predicted molar refractivity (Wildman–Crippen MR) is 136 cm³/mol. The monoisotopic (exact) mass is 500 g/mol. The van der Waals surface area contributed by atoms with Crippen LogP contribution in [0.15, 0.2) is 23.3 Å². The molecule has 0 radical (unpaired) electrons. The number of rotatable bonds is 3. The maximum absolute atomic E-state index is 13.0. The molecule has 36 heavy (non-hydrogen) atoms. The van der Waals surface area contributed by atoms with Crippen LogP contribution in [-0.4, -0.2) is 51.0 Å². The molecule has 3 fully saturated rings. The first-order chi connectivity index (χ1) is 16.5. The molecule has 0 saturated heterocycles. The molecular formula is C30H44O6. The van der Waals surface area contributed by atoms with E-state index in [1.807, 2.05) is 0 Å². The Morgan fingerprint density at radius 2 is 1.75 bits per heavy atom. The second-order valence-electron chi connectivity index (χ2n) is 14.2. The topological polar surface area (TPSA) is 104 Å². The van der Waals surface area contributed by atoms with E-state index in [-0.39, 0.29) is 28.6 Å². The molecule has 200 valence electrons. The largest absolute Gasteiger partial charge is 0.452 e. The van der Waals surface area contributed by atoms with Crippen LogP contribution in [0.1, 0.15) is 87.0 Å². The zero-order chi connectivity index (χ0) is 26.6. The maximum atomic E-state index is 13.0. The van der Waals surface area contributed by atoms with E-state index in [1.54, 1.807) is 6.08 Å². The minimum Gasteiger partial charge on any atom is -0.452 e. The smallest absolute Gasteiger partial charge is 0.334 e. The summed E-state index contributed by atoms with van der Waals surface area (Å²) in [6, 6.07) is 0. The van der Waals surface area contributed by atoms with E-state index < -0.39 is 40.7 Å². The van der Waals surface area contributed by atoms with E-state index in [2.05, 4.69) is 40.7 Å². The molecule has 6 nitrogen and oxygen atoms in total. The highest BCUT2D eigenvalue weighted by Crippen LogP contribution is 2.72. The highest BCUT2D eigenvalue weighted by Gasteiger charge is 2.68. The minimum absolute atomic E-state index is 0.0287. The maximum Gasteiger partial charge on any atom is 0.334 e. The zero-order valence-electron chi connectivity index (χ0n) is 22.9. The van der Waals surface area contributed by atoms with E-state index in [9.17, 15) is 24.9 Å². The van der Waals surface area contributed by atoms with Crippen molar-refractivity contribution in [2.24, 2.45) is 39.4 Å². The zero-order valence-corrected chi connectivity index (χ0v) is 22.9. The third kappa shape index (κ3) is 3.26. The van der Waals surface area contributed by atoms with Crippen molar-refractivity contribution in [2.75, 3.05) is 0 Å². The number of carbonyl (C=O) groups is 2. The lowest BCUT2D eigenvalue weighted by molar-refractivity contribution is -0.190. The number of allylic oxidation sites excluding steroid dienone is 1. The molecule has 0 bridgehead atoms. The second kappa shape index (κ2) is 7.77. The van der Waals surface area contributed by atoms with E-state index in [0.717, 1.165) is 19.3 Å². The fraction of sp³-hybridized carbons (Fsp3) is 0.800. The molecule has 9 atom stereocenters. The molecule has 5 rings (SSSR count). The molecule has 0 unspecified atom stereocenters. The lowest BCUT2D eigenvalue weighted by Crippen LogP contribution is -2.64. The molecule has 0 aromatic rings. The van der Waals surface area contributed by atoms with Gasteiger partial charge in [-0.1, -0.05) is 46.3 Å². The van der Waals surface area contributed by atoms with Gasteiger partial charge >= 0.3 is 5.97 Å². The number of cyclic esters (lactones) is 1.